The van der Waals surface area contributed by atoms with Crippen molar-refractivity contribution < 1.29 is 9.32 Å². The summed E-state index contributed by atoms with van der Waals surface area (Å²) < 4.78 is 7.27. The van der Waals surface area contributed by atoms with E-state index in [-0.39, 0.29) is 5.91 Å². The van der Waals surface area contributed by atoms with Crippen LogP contribution < -0.4 is 0 Å². The summed E-state index contributed by atoms with van der Waals surface area (Å²) >= 11 is 0. The molecule has 0 spiro atoms. The number of hydrogen-bond donors (Lipinski definition) is 0. The molecule has 112 valence electrons. The first-order valence-electron chi connectivity index (χ1n) is 7.42. The van der Waals surface area contributed by atoms with E-state index in [1.165, 1.54) is 0 Å². The second-order valence-electron chi connectivity index (χ2n) is 5.47. The highest BCUT2D eigenvalue weighted by atomic mass is 16.5. The van der Waals surface area contributed by atoms with Crippen molar-refractivity contribution in [3.05, 3.63) is 35.7 Å². The minimum Gasteiger partial charge on any atom is -0.361 e. The van der Waals surface area contributed by atoms with E-state index in [4.69, 9.17) is 4.52 Å². The lowest BCUT2D eigenvalue weighted by Crippen LogP contribution is -2.41. The minimum atomic E-state index is 0.0374. The van der Waals surface area contributed by atoms with Crippen molar-refractivity contribution in [1.82, 2.24) is 19.6 Å². The van der Waals surface area contributed by atoms with Gasteiger partial charge in [0.15, 0.2) is 0 Å². The van der Waals surface area contributed by atoms with Gasteiger partial charge < -0.3 is 14.0 Å². The van der Waals surface area contributed by atoms with Gasteiger partial charge in [-0.15, -0.1) is 0 Å². The third-order valence-corrected chi connectivity index (χ3v) is 4.11. The van der Waals surface area contributed by atoms with Crippen LogP contribution in [-0.4, -0.2) is 38.6 Å². The average molecular weight is 288 g/mol. The van der Waals surface area contributed by atoms with Crippen LogP contribution in [0.15, 0.2) is 23.2 Å². The van der Waals surface area contributed by atoms with Gasteiger partial charge in [-0.25, -0.2) is 4.98 Å². The molecule has 6 nitrogen and oxygen atoms in total. The number of rotatable bonds is 3. The molecule has 0 radical (unpaired) electrons. The first kappa shape index (κ1) is 13.9. The number of piperidine rings is 1. The highest BCUT2D eigenvalue weighted by Gasteiger charge is 2.29. The molecule has 0 bridgehead atoms. The molecule has 2 aromatic rings. The lowest BCUT2D eigenvalue weighted by atomic mass is 10.0. The van der Waals surface area contributed by atoms with Crippen molar-refractivity contribution in [2.24, 2.45) is 0 Å². The third-order valence-electron chi connectivity index (χ3n) is 4.11. The Bertz CT molecular complexity index is 618. The minimum absolute atomic E-state index is 0.0374. The molecule has 1 fully saturated rings. The van der Waals surface area contributed by atoms with Crippen LogP contribution in [0.4, 0.5) is 0 Å². The predicted molar refractivity (Wildman–Crippen MR) is 77.0 cm³/mol. The van der Waals surface area contributed by atoms with Crippen molar-refractivity contribution in [3.8, 4) is 0 Å². The molecule has 0 aromatic carbocycles. The van der Waals surface area contributed by atoms with Crippen molar-refractivity contribution in [3.63, 3.8) is 0 Å². The lowest BCUT2D eigenvalue weighted by Gasteiger charge is -2.33. The van der Waals surface area contributed by atoms with E-state index in [9.17, 15) is 4.79 Å². The summed E-state index contributed by atoms with van der Waals surface area (Å²) in [6, 6.07) is 0.301. The first-order valence-corrected chi connectivity index (χ1v) is 7.42. The van der Waals surface area contributed by atoms with Crippen LogP contribution in [0.5, 0.6) is 0 Å². The van der Waals surface area contributed by atoms with Crippen LogP contribution in [0, 0.1) is 6.92 Å². The summed E-state index contributed by atoms with van der Waals surface area (Å²) in [5.74, 6) is 0.650. The molecule has 3 rings (SSSR count). The number of imidazole rings is 1. The van der Waals surface area contributed by atoms with E-state index in [0.717, 1.165) is 25.1 Å². The van der Waals surface area contributed by atoms with Gasteiger partial charge in [-0.1, -0.05) is 12.1 Å². The SMILES string of the molecule is CCc1noc(C)c1C(=O)N1CCCC(n2ccnc2)C1. The summed E-state index contributed by atoms with van der Waals surface area (Å²) in [5, 5.41) is 3.98. The molecule has 0 N–H and O–H groups in total. The number of nitrogens with zero attached hydrogens (tertiary/aromatic N) is 4. The first-order chi connectivity index (χ1) is 10.2. The fourth-order valence-electron chi connectivity index (χ4n) is 2.96. The van der Waals surface area contributed by atoms with E-state index in [2.05, 4.69) is 14.7 Å². The van der Waals surface area contributed by atoms with Crippen molar-refractivity contribution in [2.45, 2.75) is 39.2 Å². The number of hydrogen-bond acceptors (Lipinski definition) is 4. The molecule has 0 aliphatic carbocycles. The Morgan fingerprint density at radius 3 is 3.10 bits per heavy atom. The van der Waals surface area contributed by atoms with Gasteiger partial charge in [0.1, 0.15) is 11.3 Å². The molecular formula is C15H20N4O2. The topological polar surface area (TPSA) is 64.2 Å². The maximum absolute atomic E-state index is 12.8. The van der Waals surface area contributed by atoms with E-state index >= 15 is 0 Å². The fraction of sp³-hybridized carbons (Fsp3) is 0.533. The fourth-order valence-corrected chi connectivity index (χ4v) is 2.96. The maximum Gasteiger partial charge on any atom is 0.259 e. The second-order valence-corrected chi connectivity index (χ2v) is 5.47. The Labute approximate surface area is 123 Å². The molecule has 1 unspecified atom stereocenters. The quantitative estimate of drug-likeness (QED) is 0.868. The second kappa shape index (κ2) is 5.71. The Morgan fingerprint density at radius 1 is 1.52 bits per heavy atom. The van der Waals surface area contributed by atoms with Crippen LogP contribution in [0.1, 0.15) is 47.6 Å². The van der Waals surface area contributed by atoms with E-state index in [1.54, 1.807) is 13.1 Å². The summed E-state index contributed by atoms with van der Waals surface area (Å²) in [6.45, 7) is 5.29. The zero-order valence-corrected chi connectivity index (χ0v) is 12.5. The Morgan fingerprint density at radius 2 is 2.38 bits per heavy atom. The van der Waals surface area contributed by atoms with Crippen molar-refractivity contribution >= 4 is 5.91 Å². The number of likely N-dealkylation sites (tertiary alicyclic amines) is 1. The largest absolute Gasteiger partial charge is 0.361 e. The van der Waals surface area contributed by atoms with Gasteiger partial charge in [-0.3, -0.25) is 4.79 Å². The monoisotopic (exact) mass is 288 g/mol. The Balaban J connectivity index is 1.80. The number of amides is 1. The van der Waals surface area contributed by atoms with Crippen LogP contribution >= 0.6 is 0 Å². The van der Waals surface area contributed by atoms with E-state index < -0.39 is 0 Å². The zero-order chi connectivity index (χ0) is 14.8. The van der Waals surface area contributed by atoms with Crippen LogP contribution in [0.2, 0.25) is 0 Å². The third kappa shape index (κ3) is 2.57. The highest BCUT2D eigenvalue weighted by molar-refractivity contribution is 5.96. The summed E-state index contributed by atoms with van der Waals surface area (Å²) in [7, 11) is 0. The normalized spacial score (nSPS) is 19.0. The van der Waals surface area contributed by atoms with Crippen LogP contribution in [0.25, 0.3) is 0 Å². The number of aryl methyl sites for hydroxylation is 2. The molecular weight excluding hydrogens is 268 g/mol. The molecule has 1 aliphatic rings. The molecule has 1 saturated heterocycles. The molecule has 21 heavy (non-hydrogen) atoms. The Kier molecular flexibility index (Phi) is 3.77. The van der Waals surface area contributed by atoms with Gasteiger partial charge in [0.2, 0.25) is 0 Å². The van der Waals surface area contributed by atoms with Crippen LogP contribution in [0.3, 0.4) is 0 Å². The molecule has 3 heterocycles. The summed E-state index contributed by atoms with van der Waals surface area (Å²) in [4.78, 5) is 18.8. The molecule has 0 saturated carbocycles. The van der Waals surface area contributed by atoms with E-state index in [0.29, 0.717) is 30.3 Å². The smallest absolute Gasteiger partial charge is 0.259 e. The van der Waals surface area contributed by atoms with Gasteiger partial charge in [0.25, 0.3) is 5.91 Å². The lowest BCUT2D eigenvalue weighted by molar-refractivity contribution is 0.0676. The number of carbonyl (C=O) groups excluding carboxylic acids is 1. The zero-order valence-electron chi connectivity index (χ0n) is 12.5. The standard InChI is InChI=1S/C15H20N4O2/c1-3-13-14(11(2)21-17-13)15(20)18-7-4-5-12(9-18)19-8-6-16-10-19/h6,8,10,12H,3-5,7,9H2,1-2H3. The predicted octanol–water partition coefficient (Wildman–Crippen LogP) is 2.22. The highest BCUT2D eigenvalue weighted by Crippen LogP contribution is 2.24. The van der Waals surface area contributed by atoms with Gasteiger partial charge >= 0.3 is 0 Å². The summed E-state index contributed by atoms with van der Waals surface area (Å²) in [6.07, 6.45) is 8.34. The summed E-state index contributed by atoms with van der Waals surface area (Å²) in [5.41, 5.74) is 1.39. The molecule has 6 heteroatoms. The molecule has 1 atom stereocenters. The number of aromatic nitrogens is 3. The Hall–Kier alpha value is -2.11. The van der Waals surface area contributed by atoms with Gasteiger partial charge in [0, 0.05) is 25.5 Å². The molecule has 1 aliphatic heterocycles. The van der Waals surface area contributed by atoms with Crippen molar-refractivity contribution in [1.29, 1.82) is 0 Å². The van der Waals surface area contributed by atoms with Gasteiger partial charge in [-0.05, 0) is 26.2 Å². The van der Waals surface area contributed by atoms with Crippen LogP contribution in [-0.2, 0) is 6.42 Å². The number of carbonyl (C=O) groups is 1. The van der Waals surface area contributed by atoms with Gasteiger partial charge in [0.05, 0.1) is 18.1 Å². The molecule has 2 aromatic heterocycles. The van der Waals surface area contributed by atoms with E-state index in [1.807, 2.05) is 24.3 Å². The molecule has 1 amide bonds. The van der Waals surface area contributed by atoms with Crippen molar-refractivity contribution in [2.75, 3.05) is 13.1 Å². The average Bonchev–Trinajstić information content (AvgIpc) is 3.16. The van der Waals surface area contributed by atoms with Gasteiger partial charge in [-0.2, -0.15) is 0 Å². The maximum atomic E-state index is 12.8.